The molecule has 2 N–H and O–H groups in total. The molecule has 6 nitrogen and oxygen atoms in total. The van der Waals surface area contributed by atoms with E-state index in [2.05, 4.69) is 5.32 Å². The highest BCUT2D eigenvalue weighted by Gasteiger charge is 2.24. The Bertz CT molecular complexity index is 504. The second-order valence-corrected chi connectivity index (χ2v) is 5.74. The van der Waals surface area contributed by atoms with Crippen LogP contribution in [0.15, 0.2) is 24.3 Å². The SMILES string of the molecule is CCOC(=O)C(NCC(=O)OC(C)(C)C)c1ccc(O)cc1. The molecule has 1 rings (SSSR count). The van der Waals surface area contributed by atoms with Crippen LogP contribution >= 0.6 is 0 Å². The van der Waals surface area contributed by atoms with E-state index in [-0.39, 0.29) is 18.9 Å². The molecule has 0 amide bonds. The van der Waals surface area contributed by atoms with E-state index in [1.807, 2.05) is 0 Å². The minimum absolute atomic E-state index is 0.0958. The van der Waals surface area contributed by atoms with Gasteiger partial charge in [-0.2, -0.15) is 0 Å². The zero-order valence-corrected chi connectivity index (χ0v) is 13.4. The molecule has 0 aliphatic rings. The maximum atomic E-state index is 12.0. The van der Waals surface area contributed by atoms with Crippen molar-refractivity contribution in [3.8, 4) is 5.75 Å². The predicted octanol–water partition coefficient (Wildman–Crippen LogP) is 1.93. The molecule has 1 aromatic carbocycles. The Morgan fingerprint density at radius 2 is 1.82 bits per heavy atom. The number of hydrogen-bond donors (Lipinski definition) is 2. The molecule has 1 unspecified atom stereocenters. The molecule has 0 saturated heterocycles. The second kappa shape index (κ2) is 7.79. The Hall–Kier alpha value is -2.08. The van der Waals surface area contributed by atoms with E-state index in [4.69, 9.17) is 9.47 Å². The molecule has 0 saturated carbocycles. The van der Waals surface area contributed by atoms with Gasteiger partial charge in [0.25, 0.3) is 0 Å². The van der Waals surface area contributed by atoms with Gasteiger partial charge in [0.1, 0.15) is 17.4 Å². The summed E-state index contributed by atoms with van der Waals surface area (Å²) in [6.07, 6.45) is 0. The highest BCUT2D eigenvalue weighted by molar-refractivity contribution is 5.79. The van der Waals surface area contributed by atoms with Gasteiger partial charge >= 0.3 is 11.9 Å². The van der Waals surface area contributed by atoms with Crippen LogP contribution in [0.2, 0.25) is 0 Å². The summed E-state index contributed by atoms with van der Waals surface area (Å²) in [6.45, 7) is 7.14. The van der Waals surface area contributed by atoms with Gasteiger partial charge in [-0.25, -0.2) is 4.79 Å². The van der Waals surface area contributed by atoms with Gasteiger partial charge in [0.2, 0.25) is 0 Å². The number of esters is 2. The van der Waals surface area contributed by atoms with E-state index in [0.29, 0.717) is 5.56 Å². The Morgan fingerprint density at radius 3 is 2.32 bits per heavy atom. The Balaban J connectivity index is 2.77. The largest absolute Gasteiger partial charge is 0.508 e. The number of nitrogens with one attached hydrogen (secondary N) is 1. The van der Waals surface area contributed by atoms with Crippen LogP contribution in [0, 0.1) is 0 Å². The molecular formula is C16H23NO5. The quantitative estimate of drug-likeness (QED) is 0.781. The van der Waals surface area contributed by atoms with Crippen molar-refractivity contribution in [1.82, 2.24) is 5.32 Å². The van der Waals surface area contributed by atoms with Gasteiger partial charge in [0, 0.05) is 0 Å². The lowest BCUT2D eigenvalue weighted by atomic mass is 10.1. The molecule has 0 aliphatic heterocycles. The smallest absolute Gasteiger partial charge is 0.327 e. The zero-order valence-electron chi connectivity index (χ0n) is 13.4. The van der Waals surface area contributed by atoms with Crippen LogP contribution in [0.25, 0.3) is 0 Å². The van der Waals surface area contributed by atoms with E-state index in [0.717, 1.165) is 0 Å². The van der Waals surface area contributed by atoms with E-state index in [1.54, 1.807) is 39.8 Å². The second-order valence-electron chi connectivity index (χ2n) is 5.74. The fourth-order valence-corrected chi connectivity index (χ4v) is 1.79. The third-order valence-electron chi connectivity index (χ3n) is 2.62. The normalized spacial score (nSPS) is 12.5. The van der Waals surface area contributed by atoms with Crippen LogP contribution in [0.3, 0.4) is 0 Å². The molecule has 0 bridgehead atoms. The minimum Gasteiger partial charge on any atom is -0.508 e. The number of carbonyl (C=O) groups excluding carboxylic acids is 2. The summed E-state index contributed by atoms with van der Waals surface area (Å²) in [7, 11) is 0. The first-order valence-corrected chi connectivity index (χ1v) is 7.13. The molecule has 0 heterocycles. The van der Waals surface area contributed by atoms with Crippen LogP contribution in [0.4, 0.5) is 0 Å². The summed E-state index contributed by atoms with van der Waals surface area (Å²) < 4.78 is 10.2. The summed E-state index contributed by atoms with van der Waals surface area (Å²) in [4.78, 5) is 23.8. The monoisotopic (exact) mass is 309 g/mol. The van der Waals surface area contributed by atoms with Gasteiger partial charge in [-0.15, -0.1) is 0 Å². The number of benzene rings is 1. The van der Waals surface area contributed by atoms with Gasteiger partial charge in [0.15, 0.2) is 0 Å². The van der Waals surface area contributed by atoms with Gasteiger partial charge in [-0.3, -0.25) is 10.1 Å². The summed E-state index contributed by atoms with van der Waals surface area (Å²) in [5, 5.41) is 12.1. The van der Waals surface area contributed by atoms with Crippen molar-refractivity contribution < 1.29 is 24.2 Å². The van der Waals surface area contributed by atoms with Crippen LogP contribution in [-0.4, -0.2) is 35.8 Å². The molecule has 0 aromatic heterocycles. The van der Waals surface area contributed by atoms with Crippen molar-refractivity contribution in [1.29, 1.82) is 0 Å². The maximum Gasteiger partial charge on any atom is 0.327 e. The standard InChI is InChI=1S/C16H23NO5/c1-5-21-15(20)14(11-6-8-12(18)9-7-11)17-10-13(19)22-16(2,3)4/h6-9,14,17-18H,5,10H2,1-4H3. The Morgan fingerprint density at radius 1 is 1.23 bits per heavy atom. The van der Waals surface area contributed by atoms with Gasteiger partial charge in [-0.1, -0.05) is 12.1 Å². The molecule has 1 aromatic rings. The summed E-state index contributed by atoms with van der Waals surface area (Å²) >= 11 is 0. The van der Waals surface area contributed by atoms with Gasteiger partial charge in [0.05, 0.1) is 13.2 Å². The molecular weight excluding hydrogens is 286 g/mol. The lowest BCUT2D eigenvalue weighted by molar-refractivity contribution is -0.154. The zero-order chi connectivity index (χ0) is 16.8. The molecule has 6 heteroatoms. The molecule has 0 fully saturated rings. The first-order valence-electron chi connectivity index (χ1n) is 7.13. The number of phenolic OH excluding ortho intramolecular Hbond substituents is 1. The van der Waals surface area contributed by atoms with Crippen molar-refractivity contribution in [2.45, 2.75) is 39.3 Å². The molecule has 0 radical (unpaired) electrons. The van der Waals surface area contributed by atoms with Gasteiger partial charge in [-0.05, 0) is 45.4 Å². The Labute approximate surface area is 130 Å². The van der Waals surface area contributed by atoms with Crippen LogP contribution in [0.5, 0.6) is 5.75 Å². The van der Waals surface area contributed by atoms with Crippen molar-refractivity contribution in [3.63, 3.8) is 0 Å². The van der Waals surface area contributed by atoms with Crippen LogP contribution in [0.1, 0.15) is 39.3 Å². The number of ether oxygens (including phenoxy) is 2. The Kier molecular flexibility index (Phi) is 6.37. The lowest BCUT2D eigenvalue weighted by Gasteiger charge is -2.21. The summed E-state index contributed by atoms with van der Waals surface area (Å²) in [5.41, 5.74) is 0.0105. The number of phenols is 1. The topological polar surface area (TPSA) is 84.9 Å². The number of hydrogen-bond acceptors (Lipinski definition) is 6. The van der Waals surface area contributed by atoms with Crippen LogP contribution < -0.4 is 5.32 Å². The van der Waals surface area contributed by atoms with Crippen molar-refractivity contribution in [2.24, 2.45) is 0 Å². The molecule has 122 valence electrons. The highest BCUT2D eigenvalue weighted by atomic mass is 16.6. The van der Waals surface area contributed by atoms with E-state index in [9.17, 15) is 14.7 Å². The van der Waals surface area contributed by atoms with Gasteiger partial charge < -0.3 is 14.6 Å². The minimum atomic E-state index is -0.798. The van der Waals surface area contributed by atoms with Crippen molar-refractivity contribution in [2.75, 3.05) is 13.2 Å². The third kappa shape index (κ3) is 6.13. The molecule has 0 spiro atoms. The van der Waals surface area contributed by atoms with Crippen LogP contribution in [-0.2, 0) is 19.1 Å². The molecule has 0 aliphatic carbocycles. The summed E-state index contributed by atoms with van der Waals surface area (Å²) in [6, 6.07) is 5.33. The number of rotatable bonds is 6. The van der Waals surface area contributed by atoms with E-state index in [1.165, 1.54) is 12.1 Å². The maximum absolute atomic E-state index is 12.0. The lowest BCUT2D eigenvalue weighted by Crippen LogP contribution is -2.37. The molecule has 22 heavy (non-hydrogen) atoms. The predicted molar refractivity (Wildman–Crippen MR) is 81.3 cm³/mol. The molecule has 1 atom stereocenters. The first kappa shape index (κ1) is 18.0. The van der Waals surface area contributed by atoms with E-state index >= 15 is 0 Å². The highest BCUT2D eigenvalue weighted by Crippen LogP contribution is 2.18. The van der Waals surface area contributed by atoms with E-state index < -0.39 is 23.6 Å². The average Bonchev–Trinajstić information content (AvgIpc) is 2.39. The average molecular weight is 309 g/mol. The first-order chi connectivity index (χ1) is 10.2. The fraction of sp³-hybridized carbons (Fsp3) is 0.500. The fourth-order valence-electron chi connectivity index (χ4n) is 1.79. The third-order valence-corrected chi connectivity index (χ3v) is 2.62. The van der Waals surface area contributed by atoms with Crippen molar-refractivity contribution >= 4 is 11.9 Å². The number of carbonyl (C=O) groups is 2. The van der Waals surface area contributed by atoms with Crippen molar-refractivity contribution in [3.05, 3.63) is 29.8 Å². The number of aromatic hydroxyl groups is 1. The summed E-state index contributed by atoms with van der Waals surface area (Å²) in [5.74, 6) is -0.851.